The fraction of sp³-hybridized carbons (Fsp3) is 0.200. The lowest BCUT2D eigenvalue weighted by Crippen LogP contribution is -2.19. The van der Waals surface area contributed by atoms with E-state index in [1.165, 1.54) is 7.05 Å². The number of hydrogen-bond donors (Lipinski definition) is 3. The van der Waals surface area contributed by atoms with E-state index in [0.717, 1.165) is 11.5 Å². The summed E-state index contributed by atoms with van der Waals surface area (Å²) in [6.07, 6.45) is 0. The number of carbonyl (C=O) groups is 1. The van der Waals surface area contributed by atoms with Gasteiger partial charge in [0.05, 0.1) is 0 Å². The molecular weight excluding hydrogens is 164 g/mol. The Kier molecular flexibility index (Phi) is 1.95. The molecule has 0 aromatic carbocycles. The van der Waals surface area contributed by atoms with Crippen LogP contribution in [-0.2, 0) is 0 Å². The van der Waals surface area contributed by atoms with Gasteiger partial charge in [-0.25, -0.2) is 0 Å². The monoisotopic (exact) mass is 172 g/mol. The number of nitrogens with one attached hydrogen (secondary N) is 1. The van der Waals surface area contributed by atoms with Crippen LogP contribution < -0.4 is 16.8 Å². The van der Waals surface area contributed by atoms with Crippen molar-refractivity contribution in [3.05, 3.63) is 5.56 Å². The van der Waals surface area contributed by atoms with Crippen molar-refractivity contribution >= 4 is 28.3 Å². The maximum atomic E-state index is 11.0. The Hall–Kier alpha value is -1.30. The van der Waals surface area contributed by atoms with Crippen molar-refractivity contribution in [2.45, 2.75) is 0 Å². The van der Waals surface area contributed by atoms with Crippen molar-refractivity contribution in [3.63, 3.8) is 0 Å². The summed E-state index contributed by atoms with van der Waals surface area (Å²) in [4.78, 5) is 11.0. The van der Waals surface area contributed by atoms with Gasteiger partial charge < -0.3 is 16.8 Å². The van der Waals surface area contributed by atoms with Crippen LogP contribution in [0.2, 0.25) is 0 Å². The normalized spacial score (nSPS) is 9.55. The number of nitrogen functional groups attached to an aromatic ring is 2. The molecule has 0 aliphatic carbocycles. The lowest BCUT2D eigenvalue weighted by molar-refractivity contribution is 0.0965. The van der Waals surface area contributed by atoms with Crippen LogP contribution in [-0.4, -0.2) is 17.3 Å². The summed E-state index contributed by atoms with van der Waals surface area (Å²) in [6, 6.07) is 0. The zero-order chi connectivity index (χ0) is 8.43. The van der Waals surface area contributed by atoms with Crippen molar-refractivity contribution in [2.75, 3.05) is 18.5 Å². The molecule has 0 unspecified atom stereocenters. The van der Waals surface area contributed by atoms with Gasteiger partial charge in [0.1, 0.15) is 10.6 Å². The second kappa shape index (κ2) is 2.75. The Balaban J connectivity index is 3.10. The van der Waals surface area contributed by atoms with Gasteiger partial charge in [-0.3, -0.25) is 4.79 Å². The molecule has 0 atom stereocenters. The van der Waals surface area contributed by atoms with E-state index in [2.05, 4.69) is 9.69 Å². The minimum Gasteiger partial charge on any atom is -0.389 e. The highest BCUT2D eigenvalue weighted by molar-refractivity contribution is 7.10. The Morgan fingerprint density at radius 3 is 2.64 bits per heavy atom. The van der Waals surface area contributed by atoms with Crippen LogP contribution in [0.15, 0.2) is 0 Å². The smallest absolute Gasteiger partial charge is 0.257 e. The van der Waals surface area contributed by atoms with Gasteiger partial charge in [0.15, 0.2) is 5.82 Å². The molecule has 0 bridgehead atoms. The van der Waals surface area contributed by atoms with E-state index >= 15 is 0 Å². The molecule has 1 aromatic heterocycles. The van der Waals surface area contributed by atoms with E-state index in [-0.39, 0.29) is 17.3 Å². The van der Waals surface area contributed by atoms with Gasteiger partial charge in [-0.05, 0) is 11.5 Å². The molecule has 0 saturated heterocycles. The van der Waals surface area contributed by atoms with Crippen LogP contribution in [0.5, 0.6) is 0 Å². The average molecular weight is 172 g/mol. The molecule has 0 saturated carbocycles. The van der Waals surface area contributed by atoms with Crippen LogP contribution in [0.3, 0.4) is 0 Å². The lowest BCUT2D eigenvalue weighted by Gasteiger charge is -1.96. The molecule has 1 heterocycles. The number of nitrogens with zero attached hydrogens (tertiary/aromatic N) is 1. The van der Waals surface area contributed by atoms with Gasteiger partial charge in [0.2, 0.25) is 0 Å². The predicted octanol–water partition coefficient (Wildman–Crippen LogP) is -0.333. The highest BCUT2D eigenvalue weighted by Gasteiger charge is 2.14. The third-order valence-electron chi connectivity index (χ3n) is 1.20. The van der Waals surface area contributed by atoms with E-state index in [4.69, 9.17) is 11.5 Å². The zero-order valence-corrected chi connectivity index (χ0v) is 6.73. The molecule has 1 aromatic rings. The largest absolute Gasteiger partial charge is 0.389 e. The van der Waals surface area contributed by atoms with E-state index < -0.39 is 0 Å². The van der Waals surface area contributed by atoms with E-state index in [9.17, 15) is 4.79 Å². The van der Waals surface area contributed by atoms with Crippen LogP contribution in [0.1, 0.15) is 10.4 Å². The first-order valence-corrected chi connectivity index (χ1v) is 3.67. The quantitative estimate of drug-likeness (QED) is 0.540. The van der Waals surface area contributed by atoms with E-state index in [1.807, 2.05) is 0 Å². The zero-order valence-electron chi connectivity index (χ0n) is 5.92. The molecule has 0 fully saturated rings. The number of amides is 1. The van der Waals surface area contributed by atoms with Gasteiger partial charge in [-0.1, -0.05) is 0 Å². The highest BCUT2D eigenvalue weighted by atomic mass is 32.1. The van der Waals surface area contributed by atoms with Crippen molar-refractivity contribution in [2.24, 2.45) is 0 Å². The van der Waals surface area contributed by atoms with Crippen LogP contribution in [0.4, 0.5) is 10.8 Å². The van der Waals surface area contributed by atoms with Crippen LogP contribution in [0, 0.1) is 0 Å². The number of carbonyl (C=O) groups excluding carboxylic acids is 1. The first-order chi connectivity index (χ1) is 5.16. The summed E-state index contributed by atoms with van der Waals surface area (Å²) in [5.74, 6) is -0.111. The first kappa shape index (κ1) is 7.80. The lowest BCUT2D eigenvalue weighted by atomic mass is 10.3. The van der Waals surface area contributed by atoms with Gasteiger partial charge in [0.25, 0.3) is 5.91 Å². The minimum absolute atomic E-state index is 0.187. The molecule has 0 radical (unpaired) electrons. The molecule has 60 valence electrons. The fourth-order valence-corrected chi connectivity index (χ4v) is 1.25. The Bertz CT molecular complexity index is 263. The third kappa shape index (κ3) is 1.25. The summed E-state index contributed by atoms with van der Waals surface area (Å²) >= 11 is 1.02. The molecule has 1 rings (SSSR count). The summed E-state index contributed by atoms with van der Waals surface area (Å²) in [5, 5.41) is 2.77. The number of anilines is 2. The average Bonchev–Trinajstić information content (AvgIpc) is 2.30. The Labute approximate surface area is 67.6 Å². The van der Waals surface area contributed by atoms with Crippen LogP contribution >= 0.6 is 11.5 Å². The fourth-order valence-electron chi connectivity index (χ4n) is 0.669. The second-order valence-electron chi connectivity index (χ2n) is 1.89. The summed E-state index contributed by atoms with van der Waals surface area (Å²) in [7, 11) is 1.51. The third-order valence-corrected chi connectivity index (χ3v) is 1.89. The number of aromatic nitrogens is 1. The number of rotatable bonds is 1. The topological polar surface area (TPSA) is 94.0 Å². The van der Waals surface area contributed by atoms with Gasteiger partial charge in [0, 0.05) is 7.05 Å². The molecular formula is C5H8N4OS. The van der Waals surface area contributed by atoms with Gasteiger partial charge in [-0.15, -0.1) is 0 Å². The Morgan fingerprint density at radius 2 is 2.27 bits per heavy atom. The summed E-state index contributed by atoms with van der Waals surface area (Å²) in [5.41, 5.74) is 11.1. The Morgan fingerprint density at radius 1 is 1.64 bits per heavy atom. The van der Waals surface area contributed by atoms with Crippen LogP contribution in [0.25, 0.3) is 0 Å². The number of nitrogens with two attached hydrogens (primary N) is 2. The maximum absolute atomic E-state index is 11.0. The number of hydrogen-bond acceptors (Lipinski definition) is 5. The molecule has 0 aliphatic heterocycles. The first-order valence-electron chi connectivity index (χ1n) is 2.89. The van der Waals surface area contributed by atoms with Crippen molar-refractivity contribution in [1.29, 1.82) is 0 Å². The molecule has 6 heteroatoms. The SMILES string of the molecule is CNC(=O)c1c(N)nsc1N. The van der Waals surface area contributed by atoms with Crippen molar-refractivity contribution in [1.82, 2.24) is 9.69 Å². The molecule has 11 heavy (non-hydrogen) atoms. The second-order valence-corrected chi connectivity index (χ2v) is 2.69. The van der Waals surface area contributed by atoms with E-state index in [1.54, 1.807) is 0 Å². The van der Waals surface area contributed by atoms with Crippen molar-refractivity contribution in [3.8, 4) is 0 Å². The summed E-state index contributed by atoms with van der Waals surface area (Å²) in [6.45, 7) is 0. The molecule has 1 amide bonds. The van der Waals surface area contributed by atoms with Gasteiger partial charge in [-0.2, -0.15) is 4.37 Å². The molecule has 5 nitrogen and oxygen atoms in total. The summed E-state index contributed by atoms with van der Waals surface area (Å²) < 4.78 is 3.72. The highest BCUT2D eigenvalue weighted by Crippen LogP contribution is 2.22. The molecule has 5 N–H and O–H groups in total. The minimum atomic E-state index is -0.297. The maximum Gasteiger partial charge on any atom is 0.257 e. The molecule has 0 aliphatic rings. The van der Waals surface area contributed by atoms with Gasteiger partial charge >= 0.3 is 0 Å². The van der Waals surface area contributed by atoms with Crippen molar-refractivity contribution < 1.29 is 4.79 Å². The standard InChI is InChI=1S/C5H8N4OS/c1-8-5(10)2-3(6)9-11-4(2)7/h7H2,1H3,(H2,6,9)(H,8,10). The molecule has 0 spiro atoms. The van der Waals surface area contributed by atoms with E-state index in [0.29, 0.717) is 5.00 Å². The predicted molar refractivity (Wildman–Crippen MR) is 44.3 cm³/mol.